The minimum Gasteiger partial charge on any atom is -0.444 e. The molecule has 1 unspecified atom stereocenters. The van der Waals surface area contributed by atoms with Gasteiger partial charge in [-0.2, -0.15) is 0 Å². The highest BCUT2D eigenvalue weighted by Crippen LogP contribution is 2.18. The molecule has 0 aliphatic rings. The van der Waals surface area contributed by atoms with Gasteiger partial charge in [0, 0.05) is 23.3 Å². The molecule has 0 fully saturated rings. The van der Waals surface area contributed by atoms with Gasteiger partial charge in [-0.1, -0.05) is 55.3 Å². The van der Waals surface area contributed by atoms with Crippen molar-refractivity contribution >= 4 is 23.5 Å². The van der Waals surface area contributed by atoms with Crippen molar-refractivity contribution in [1.82, 2.24) is 5.32 Å². The lowest BCUT2D eigenvalue weighted by Gasteiger charge is -2.25. The van der Waals surface area contributed by atoms with Crippen LogP contribution < -0.4 is 5.32 Å². The van der Waals surface area contributed by atoms with Gasteiger partial charge in [0.05, 0.1) is 4.92 Å². The predicted molar refractivity (Wildman–Crippen MR) is 129 cm³/mol. The Kier molecular flexibility index (Phi) is 8.89. The molecule has 0 aliphatic heterocycles. The van der Waals surface area contributed by atoms with Crippen molar-refractivity contribution in [2.24, 2.45) is 11.1 Å². The summed E-state index contributed by atoms with van der Waals surface area (Å²) in [6.07, 6.45) is -0.125. The van der Waals surface area contributed by atoms with Crippen molar-refractivity contribution < 1.29 is 24.1 Å². The molecule has 0 radical (unpaired) electrons. The molecule has 1 amide bonds. The Morgan fingerprint density at radius 2 is 1.59 bits per heavy atom. The van der Waals surface area contributed by atoms with Gasteiger partial charge in [-0.25, -0.2) is 9.59 Å². The van der Waals surface area contributed by atoms with E-state index >= 15 is 0 Å². The van der Waals surface area contributed by atoms with Crippen LogP contribution in [0.15, 0.2) is 53.7 Å². The molecule has 0 spiro atoms. The summed E-state index contributed by atoms with van der Waals surface area (Å²) >= 11 is 0. The summed E-state index contributed by atoms with van der Waals surface area (Å²) in [5.41, 5.74) is 1.75. The number of carbonyl (C=O) groups excluding carboxylic acids is 2. The van der Waals surface area contributed by atoms with Crippen LogP contribution >= 0.6 is 0 Å². The van der Waals surface area contributed by atoms with Crippen LogP contribution in [-0.4, -0.2) is 34.3 Å². The smallest absolute Gasteiger partial charge is 0.408 e. The zero-order valence-corrected chi connectivity index (χ0v) is 20.3. The van der Waals surface area contributed by atoms with Gasteiger partial charge in [0.15, 0.2) is 0 Å². The van der Waals surface area contributed by atoms with Crippen LogP contribution in [0.4, 0.5) is 10.5 Å². The molecular weight excluding hydrogens is 438 g/mol. The van der Waals surface area contributed by atoms with E-state index in [0.717, 1.165) is 5.56 Å². The number of hydrogen-bond donors (Lipinski definition) is 1. The molecule has 0 aliphatic carbocycles. The van der Waals surface area contributed by atoms with Crippen LogP contribution in [0.5, 0.6) is 0 Å². The Morgan fingerprint density at radius 3 is 2.06 bits per heavy atom. The zero-order chi connectivity index (χ0) is 25.5. The number of non-ortho nitro benzene ring substituents is 1. The number of nitrogens with zero attached hydrogens (tertiary/aromatic N) is 2. The van der Waals surface area contributed by atoms with Gasteiger partial charge in [0.2, 0.25) is 0 Å². The van der Waals surface area contributed by atoms with Gasteiger partial charge < -0.3 is 14.9 Å². The molecule has 0 aromatic heterocycles. The van der Waals surface area contributed by atoms with Crippen molar-refractivity contribution in [1.29, 1.82) is 0 Å². The van der Waals surface area contributed by atoms with E-state index in [1.54, 1.807) is 20.8 Å². The fourth-order valence-corrected chi connectivity index (χ4v) is 2.98. The molecule has 0 bridgehead atoms. The molecule has 0 saturated heterocycles. The summed E-state index contributed by atoms with van der Waals surface area (Å²) in [5, 5.41) is 17.7. The fourth-order valence-electron chi connectivity index (χ4n) is 2.98. The first-order chi connectivity index (χ1) is 15.9. The highest BCUT2D eigenvalue weighted by molar-refractivity contribution is 6.12. The predicted octanol–water partition coefficient (Wildman–Crippen LogP) is 5.14. The van der Waals surface area contributed by atoms with E-state index in [9.17, 15) is 19.7 Å². The molecule has 1 N–H and O–H groups in total. The summed E-state index contributed by atoms with van der Waals surface area (Å²) < 4.78 is 5.27. The average molecular weight is 470 g/mol. The molecule has 0 heterocycles. The number of carbonyl (C=O) groups is 2. The number of benzene rings is 2. The number of aryl methyl sites for hydroxylation is 1. The maximum absolute atomic E-state index is 12.9. The van der Waals surface area contributed by atoms with Gasteiger partial charge in [-0.05, 0) is 45.7 Å². The number of amides is 1. The van der Waals surface area contributed by atoms with Gasteiger partial charge in [0.1, 0.15) is 17.4 Å². The van der Waals surface area contributed by atoms with Crippen molar-refractivity contribution in [2.75, 3.05) is 0 Å². The van der Waals surface area contributed by atoms with E-state index < -0.39 is 28.6 Å². The molecule has 9 nitrogen and oxygen atoms in total. The summed E-state index contributed by atoms with van der Waals surface area (Å²) in [6, 6.07) is 12.2. The Labute approximate surface area is 199 Å². The summed E-state index contributed by atoms with van der Waals surface area (Å²) in [6.45, 7) is 10.8. The summed E-state index contributed by atoms with van der Waals surface area (Å²) in [4.78, 5) is 41.0. The zero-order valence-electron chi connectivity index (χ0n) is 20.3. The van der Waals surface area contributed by atoms with Crippen LogP contribution in [0.25, 0.3) is 0 Å². The second kappa shape index (κ2) is 11.4. The van der Waals surface area contributed by atoms with Crippen LogP contribution in [0.2, 0.25) is 0 Å². The van der Waals surface area contributed by atoms with E-state index in [1.807, 2.05) is 45.0 Å². The number of nitrogens with one attached hydrogen (secondary N) is 1. The third-order valence-electron chi connectivity index (χ3n) is 5.04. The quantitative estimate of drug-likeness (QED) is 0.247. The van der Waals surface area contributed by atoms with Crippen LogP contribution in [-0.2, 0) is 14.4 Å². The molecule has 2 rings (SSSR count). The fraction of sp³-hybridized carbons (Fsp3) is 0.400. The lowest BCUT2D eigenvalue weighted by Crippen LogP contribution is -2.47. The number of rotatable bonds is 8. The van der Waals surface area contributed by atoms with E-state index in [-0.39, 0.29) is 11.6 Å². The largest absolute Gasteiger partial charge is 0.444 e. The molecule has 2 atom stereocenters. The minimum absolute atomic E-state index is 0.0672. The normalized spacial score (nSPS) is 13.5. The molecule has 2 aromatic rings. The Hall–Kier alpha value is -3.75. The number of nitro groups is 1. The SMILES string of the molecule is CCC(C)[C@H](NC(=O)OC(C)(C)C)C(=O)ON=C(c1ccc(C)cc1)c1ccc([N+](=O)[O-])cc1. The summed E-state index contributed by atoms with van der Waals surface area (Å²) in [7, 11) is 0. The average Bonchev–Trinajstić information content (AvgIpc) is 2.77. The van der Waals surface area contributed by atoms with Gasteiger partial charge >= 0.3 is 12.1 Å². The maximum Gasteiger partial charge on any atom is 0.408 e. The lowest BCUT2D eigenvalue weighted by molar-refractivity contribution is -0.384. The van der Waals surface area contributed by atoms with Crippen molar-refractivity contribution in [3.05, 3.63) is 75.3 Å². The Balaban J connectivity index is 2.35. The van der Waals surface area contributed by atoms with Crippen molar-refractivity contribution in [2.45, 2.75) is 59.6 Å². The topological polar surface area (TPSA) is 120 Å². The highest BCUT2D eigenvalue weighted by Gasteiger charge is 2.30. The Morgan fingerprint density at radius 1 is 1.06 bits per heavy atom. The molecular formula is C25H31N3O6. The summed E-state index contributed by atoms with van der Waals surface area (Å²) in [5.74, 6) is -0.982. The number of nitro benzene ring substituents is 1. The van der Waals surface area contributed by atoms with Crippen LogP contribution in [0, 0.1) is 23.0 Å². The third kappa shape index (κ3) is 7.68. The number of hydrogen-bond acceptors (Lipinski definition) is 7. The molecule has 182 valence electrons. The van der Waals surface area contributed by atoms with Crippen LogP contribution in [0.1, 0.15) is 57.7 Å². The number of oxime groups is 1. The van der Waals surface area contributed by atoms with E-state index in [4.69, 9.17) is 9.57 Å². The van der Waals surface area contributed by atoms with Gasteiger partial charge in [-0.15, -0.1) is 0 Å². The standard InChI is InChI=1S/C25H31N3O6/c1-7-17(3)21(26-24(30)33-25(4,5)6)23(29)34-27-22(18-10-8-16(2)9-11-18)19-12-14-20(15-13-19)28(31)32/h8-15,17,21H,7H2,1-6H3,(H,26,30)/t17?,21-/m0/s1. The monoisotopic (exact) mass is 469 g/mol. The number of alkyl carbamates (subject to hydrolysis) is 1. The Bertz CT molecular complexity index is 1040. The second-order valence-corrected chi connectivity index (χ2v) is 9.03. The van der Waals surface area contributed by atoms with Gasteiger partial charge in [0.25, 0.3) is 5.69 Å². The second-order valence-electron chi connectivity index (χ2n) is 9.03. The molecule has 2 aromatic carbocycles. The van der Waals surface area contributed by atoms with E-state index in [2.05, 4.69) is 10.5 Å². The van der Waals surface area contributed by atoms with Crippen molar-refractivity contribution in [3.8, 4) is 0 Å². The van der Waals surface area contributed by atoms with Gasteiger partial charge in [-0.3, -0.25) is 10.1 Å². The first-order valence-corrected chi connectivity index (χ1v) is 11.0. The lowest BCUT2D eigenvalue weighted by atomic mass is 9.99. The molecule has 0 saturated carbocycles. The highest BCUT2D eigenvalue weighted by atomic mass is 16.7. The van der Waals surface area contributed by atoms with Crippen molar-refractivity contribution in [3.63, 3.8) is 0 Å². The minimum atomic E-state index is -0.972. The first-order valence-electron chi connectivity index (χ1n) is 11.0. The third-order valence-corrected chi connectivity index (χ3v) is 5.04. The first kappa shape index (κ1) is 26.5. The van der Waals surface area contributed by atoms with Crippen LogP contribution in [0.3, 0.4) is 0 Å². The molecule has 9 heteroatoms. The maximum atomic E-state index is 12.9. The number of ether oxygens (including phenoxy) is 1. The molecule has 34 heavy (non-hydrogen) atoms. The van der Waals surface area contributed by atoms with E-state index in [1.165, 1.54) is 24.3 Å². The van der Waals surface area contributed by atoms with E-state index in [0.29, 0.717) is 23.3 Å².